The van der Waals surface area contributed by atoms with Crippen molar-refractivity contribution in [2.24, 2.45) is 5.92 Å². The van der Waals surface area contributed by atoms with Gasteiger partial charge in [0.1, 0.15) is 0 Å². The van der Waals surface area contributed by atoms with Crippen LogP contribution in [0.4, 0.5) is 5.69 Å². The maximum absolute atomic E-state index is 4.53. The molecule has 1 aliphatic heterocycles. The molecule has 1 aromatic carbocycles. The van der Waals surface area contributed by atoms with E-state index in [1.807, 2.05) is 0 Å². The second-order valence-electron chi connectivity index (χ2n) is 4.08. The average molecular weight is 277 g/mol. The van der Waals surface area contributed by atoms with Crippen molar-refractivity contribution < 1.29 is 19.5 Å². The van der Waals surface area contributed by atoms with Crippen LogP contribution < -0.4 is 0 Å². The molecule has 1 aromatic rings. The van der Waals surface area contributed by atoms with Gasteiger partial charge in [0.05, 0.1) is 0 Å². The summed E-state index contributed by atoms with van der Waals surface area (Å²) in [6.45, 7) is 5.60. The molecule has 0 aromatic heterocycles. The van der Waals surface area contributed by atoms with Crippen molar-refractivity contribution in [3.8, 4) is 0 Å². The van der Waals surface area contributed by atoms with E-state index < -0.39 is 0 Å². The van der Waals surface area contributed by atoms with Gasteiger partial charge in [0, 0.05) is 19.5 Å². The maximum atomic E-state index is 4.53. The van der Waals surface area contributed by atoms with Crippen molar-refractivity contribution in [3.63, 3.8) is 0 Å². The zero-order valence-corrected chi connectivity index (χ0v) is 10.3. The summed E-state index contributed by atoms with van der Waals surface area (Å²) in [4.78, 5) is 0. The summed E-state index contributed by atoms with van der Waals surface area (Å²) in [6, 6.07) is 8.55. The molecule has 0 saturated carbocycles. The van der Waals surface area contributed by atoms with Crippen LogP contribution in [0.3, 0.4) is 0 Å². The van der Waals surface area contributed by atoms with E-state index in [0.29, 0.717) is 5.92 Å². The van der Waals surface area contributed by atoms with E-state index in [1.165, 1.54) is 17.7 Å². The smallest absolute Gasteiger partial charge is 0 e. The number of hydrogen-bond acceptors (Lipinski definition) is 0. The quantitative estimate of drug-likeness (QED) is 0.693. The molecule has 1 heterocycles. The first-order valence-electron chi connectivity index (χ1n) is 5.05. The summed E-state index contributed by atoms with van der Waals surface area (Å²) in [5.41, 5.74) is 2.66. The third kappa shape index (κ3) is 2.17. The second-order valence-corrected chi connectivity index (χ2v) is 4.08. The van der Waals surface area contributed by atoms with E-state index in [0.717, 1.165) is 12.5 Å². The minimum absolute atomic E-state index is 0. The molecular weight excluding hydrogens is 261 g/mol. The molecule has 1 radical (unpaired) electrons. The van der Waals surface area contributed by atoms with Gasteiger partial charge >= 0.3 is 0 Å². The van der Waals surface area contributed by atoms with Crippen LogP contribution >= 0.6 is 0 Å². The SMILES string of the molecule is CC(C)C1CC[N-]c2ccccc21.[Rh]. The van der Waals surface area contributed by atoms with E-state index in [1.54, 1.807) is 0 Å². The average Bonchev–Trinajstić information content (AvgIpc) is 2.17. The number of para-hydroxylation sites is 1. The van der Waals surface area contributed by atoms with E-state index in [9.17, 15) is 0 Å². The normalized spacial score (nSPS) is 19.5. The van der Waals surface area contributed by atoms with Gasteiger partial charge in [0.15, 0.2) is 0 Å². The Balaban J connectivity index is 0.000000980. The summed E-state index contributed by atoms with van der Waals surface area (Å²) < 4.78 is 0. The van der Waals surface area contributed by atoms with Crippen molar-refractivity contribution in [1.82, 2.24) is 0 Å². The predicted octanol–water partition coefficient (Wildman–Crippen LogP) is 3.83. The number of fused-ring (bicyclic) bond motifs is 1. The maximum Gasteiger partial charge on any atom is 0 e. The van der Waals surface area contributed by atoms with Gasteiger partial charge in [-0.3, -0.25) is 0 Å². The Morgan fingerprint density at radius 3 is 2.71 bits per heavy atom. The molecular formula is C12H16NRh-. The zero-order valence-electron chi connectivity index (χ0n) is 8.66. The minimum Gasteiger partial charge on any atom is -0.684 e. The van der Waals surface area contributed by atoms with Gasteiger partial charge in [0.25, 0.3) is 0 Å². The fourth-order valence-corrected chi connectivity index (χ4v) is 2.12. The van der Waals surface area contributed by atoms with Crippen molar-refractivity contribution in [1.29, 1.82) is 0 Å². The van der Waals surface area contributed by atoms with Crippen molar-refractivity contribution in [3.05, 3.63) is 35.1 Å². The Labute approximate surface area is 99.0 Å². The molecule has 0 bridgehead atoms. The summed E-state index contributed by atoms with van der Waals surface area (Å²) in [7, 11) is 0. The van der Waals surface area contributed by atoms with Crippen LogP contribution in [0.2, 0.25) is 0 Å². The molecule has 14 heavy (non-hydrogen) atoms. The van der Waals surface area contributed by atoms with Crippen LogP contribution in [-0.4, -0.2) is 6.54 Å². The first kappa shape index (κ1) is 11.7. The molecule has 0 amide bonds. The van der Waals surface area contributed by atoms with Gasteiger partial charge in [-0.1, -0.05) is 50.1 Å². The van der Waals surface area contributed by atoms with E-state index >= 15 is 0 Å². The van der Waals surface area contributed by atoms with Crippen LogP contribution in [0.5, 0.6) is 0 Å². The van der Waals surface area contributed by atoms with Gasteiger partial charge in [-0.15, -0.1) is 12.2 Å². The van der Waals surface area contributed by atoms with E-state index in [2.05, 4.69) is 43.4 Å². The molecule has 1 unspecified atom stereocenters. The fourth-order valence-electron chi connectivity index (χ4n) is 2.12. The second kappa shape index (κ2) is 4.93. The summed E-state index contributed by atoms with van der Waals surface area (Å²) in [5, 5.41) is 4.53. The molecule has 2 heteroatoms. The Kier molecular flexibility index (Phi) is 4.13. The largest absolute Gasteiger partial charge is 0.684 e. The molecule has 0 aliphatic carbocycles. The molecule has 0 saturated heterocycles. The Hall–Kier alpha value is -0.357. The third-order valence-corrected chi connectivity index (χ3v) is 2.86. The summed E-state index contributed by atoms with van der Waals surface area (Å²) in [5.74, 6) is 1.45. The molecule has 2 rings (SSSR count). The van der Waals surface area contributed by atoms with Crippen molar-refractivity contribution >= 4 is 5.69 Å². The number of benzene rings is 1. The Morgan fingerprint density at radius 2 is 2.00 bits per heavy atom. The van der Waals surface area contributed by atoms with Crippen LogP contribution in [0.15, 0.2) is 24.3 Å². The number of nitrogens with zero attached hydrogens (tertiary/aromatic N) is 1. The van der Waals surface area contributed by atoms with Crippen LogP contribution in [0.1, 0.15) is 31.7 Å². The number of rotatable bonds is 1. The molecule has 79 valence electrons. The minimum atomic E-state index is 0. The third-order valence-electron chi connectivity index (χ3n) is 2.86. The van der Waals surface area contributed by atoms with Crippen LogP contribution in [0.25, 0.3) is 5.32 Å². The fraction of sp³-hybridized carbons (Fsp3) is 0.500. The molecule has 1 atom stereocenters. The monoisotopic (exact) mass is 277 g/mol. The van der Waals surface area contributed by atoms with Gasteiger partial charge in [-0.05, 0) is 11.8 Å². The molecule has 1 nitrogen and oxygen atoms in total. The topological polar surface area (TPSA) is 14.1 Å². The van der Waals surface area contributed by atoms with E-state index in [4.69, 9.17) is 0 Å². The first-order chi connectivity index (χ1) is 6.29. The standard InChI is InChI=1S/C12H16N.Rh/c1-9(2)10-7-8-13-12-6-4-3-5-11(10)12;/h3-6,9-10H,7-8H2,1-2H3;/q-1;. The van der Waals surface area contributed by atoms with Crippen LogP contribution in [-0.2, 0) is 19.5 Å². The van der Waals surface area contributed by atoms with Crippen molar-refractivity contribution in [2.75, 3.05) is 6.54 Å². The Bertz CT molecular complexity index is 296. The molecule has 0 N–H and O–H groups in total. The van der Waals surface area contributed by atoms with Crippen LogP contribution in [0, 0.1) is 5.92 Å². The number of hydrogen-bond donors (Lipinski definition) is 0. The zero-order chi connectivity index (χ0) is 9.26. The van der Waals surface area contributed by atoms with Gasteiger partial charge in [-0.2, -0.15) is 0 Å². The van der Waals surface area contributed by atoms with Gasteiger partial charge in [-0.25, -0.2) is 0 Å². The molecule has 1 aliphatic rings. The van der Waals surface area contributed by atoms with Gasteiger partial charge in [0.2, 0.25) is 0 Å². The Morgan fingerprint density at radius 1 is 1.29 bits per heavy atom. The van der Waals surface area contributed by atoms with E-state index in [-0.39, 0.29) is 19.5 Å². The first-order valence-corrected chi connectivity index (χ1v) is 5.05. The predicted molar refractivity (Wildman–Crippen MR) is 56.5 cm³/mol. The summed E-state index contributed by atoms with van der Waals surface area (Å²) >= 11 is 0. The van der Waals surface area contributed by atoms with Crippen molar-refractivity contribution in [2.45, 2.75) is 26.2 Å². The molecule has 0 spiro atoms. The van der Waals surface area contributed by atoms with Gasteiger partial charge < -0.3 is 5.32 Å². The molecule has 0 fully saturated rings. The summed E-state index contributed by atoms with van der Waals surface area (Å²) in [6.07, 6.45) is 1.22.